The third kappa shape index (κ3) is 9.15. The average Bonchev–Trinajstić information content (AvgIpc) is 3.47. The number of fused-ring (bicyclic) bond motifs is 3. The van der Waals surface area contributed by atoms with E-state index in [-0.39, 0.29) is 27.9 Å². The number of aliphatic imine (C=N–C) groups is 1. The first-order chi connectivity index (χ1) is 25.5. The number of nitrogens with zero attached hydrogens (tertiary/aromatic N) is 3. The molecule has 4 heterocycles. The van der Waals surface area contributed by atoms with Crippen LogP contribution >= 0.6 is 22.9 Å². The van der Waals surface area contributed by atoms with Crippen molar-refractivity contribution in [2.75, 3.05) is 6.54 Å². The SMILES string of the molecule is CC(C)(C)OC(=O)N=CC1CCCCC/C=C\[C@@H]2C[C@@]2(C(=O)NS(=O)(=O)c2ccc(Cl)s2)NC(=O)[C@@H]2C[C@@H](OC(=O)N3Cc4ccccc4C3)CN2C1=O. The maximum atomic E-state index is 14.4. The van der Waals surface area contributed by atoms with E-state index in [1.54, 1.807) is 31.7 Å². The van der Waals surface area contributed by atoms with E-state index in [1.807, 2.05) is 30.3 Å². The van der Waals surface area contributed by atoms with Gasteiger partial charge in [0.1, 0.15) is 27.5 Å². The topological polar surface area (TPSA) is 181 Å². The molecule has 4 aliphatic rings. The van der Waals surface area contributed by atoms with E-state index in [2.05, 4.69) is 15.0 Å². The Morgan fingerprint density at radius 3 is 2.46 bits per heavy atom. The fourth-order valence-corrected chi connectivity index (χ4v) is 9.54. The summed E-state index contributed by atoms with van der Waals surface area (Å²) in [6.45, 7) is 5.67. The first kappa shape index (κ1) is 39.4. The molecule has 1 saturated carbocycles. The van der Waals surface area contributed by atoms with Gasteiger partial charge in [0.25, 0.3) is 15.9 Å². The number of halogens is 1. The van der Waals surface area contributed by atoms with Crippen LogP contribution in [0.1, 0.15) is 76.8 Å². The van der Waals surface area contributed by atoms with Gasteiger partial charge < -0.3 is 19.7 Å². The molecule has 0 spiro atoms. The third-order valence-electron chi connectivity index (χ3n) is 9.85. The van der Waals surface area contributed by atoms with Gasteiger partial charge >= 0.3 is 12.2 Å². The minimum Gasteiger partial charge on any atom is -0.444 e. The van der Waals surface area contributed by atoms with Crippen LogP contribution in [0.2, 0.25) is 4.34 Å². The highest BCUT2D eigenvalue weighted by Crippen LogP contribution is 2.46. The fraction of sp³-hybridized carbons (Fsp3) is 0.514. The molecule has 1 unspecified atom stereocenters. The molecular formula is C37H44ClN5O9S2. The number of hydrogen-bond acceptors (Lipinski definition) is 10. The zero-order valence-corrected chi connectivity index (χ0v) is 32.7. The van der Waals surface area contributed by atoms with Crippen LogP contribution < -0.4 is 10.0 Å². The van der Waals surface area contributed by atoms with Crippen molar-refractivity contribution < 1.29 is 41.9 Å². The van der Waals surface area contributed by atoms with Gasteiger partial charge in [0, 0.05) is 31.6 Å². The number of thiophene rings is 1. The van der Waals surface area contributed by atoms with Gasteiger partial charge in [0.05, 0.1) is 16.8 Å². The van der Waals surface area contributed by atoms with Crippen LogP contribution in [0.25, 0.3) is 0 Å². The van der Waals surface area contributed by atoms with Crippen molar-refractivity contribution >= 4 is 69.1 Å². The van der Waals surface area contributed by atoms with Crippen molar-refractivity contribution in [3.63, 3.8) is 0 Å². The molecule has 54 heavy (non-hydrogen) atoms. The first-order valence-corrected chi connectivity index (χ1v) is 20.6. The minimum absolute atomic E-state index is 0.0791. The van der Waals surface area contributed by atoms with Crippen LogP contribution in [-0.4, -0.2) is 84.2 Å². The van der Waals surface area contributed by atoms with Gasteiger partial charge in [-0.3, -0.25) is 19.3 Å². The highest BCUT2D eigenvalue weighted by atomic mass is 35.5. The van der Waals surface area contributed by atoms with E-state index in [1.165, 1.54) is 23.2 Å². The van der Waals surface area contributed by atoms with Gasteiger partial charge in [-0.1, -0.05) is 60.9 Å². The van der Waals surface area contributed by atoms with E-state index < -0.39 is 75.1 Å². The van der Waals surface area contributed by atoms with Crippen LogP contribution in [0, 0.1) is 11.8 Å². The molecule has 2 fully saturated rings. The molecule has 0 radical (unpaired) electrons. The van der Waals surface area contributed by atoms with Gasteiger partial charge in [-0.05, 0) is 69.7 Å². The highest BCUT2D eigenvalue weighted by molar-refractivity contribution is 7.92. The highest BCUT2D eigenvalue weighted by Gasteiger charge is 2.61. The van der Waals surface area contributed by atoms with Gasteiger partial charge in [-0.15, -0.1) is 11.3 Å². The van der Waals surface area contributed by atoms with Gasteiger partial charge in [0.15, 0.2) is 0 Å². The monoisotopic (exact) mass is 801 g/mol. The minimum atomic E-state index is -4.31. The predicted octanol–water partition coefficient (Wildman–Crippen LogP) is 5.35. The van der Waals surface area contributed by atoms with Gasteiger partial charge in [-0.2, -0.15) is 4.99 Å². The number of ether oxygens (including phenoxy) is 2. The lowest BCUT2D eigenvalue weighted by atomic mass is 9.99. The number of amides is 5. The molecule has 290 valence electrons. The Morgan fingerprint density at radius 1 is 1.07 bits per heavy atom. The Morgan fingerprint density at radius 2 is 1.80 bits per heavy atom. The molecular weight excluding hydrogens is 758 g/mol. The number of allylic oxidation sites excluding steroid dienone is 1. The van der Waals surface area contributed by atoms with Crippen LogP contribution in [0.3, 0.4) is 0 Å². The molecule has 1 aromatic heterocycles. The summed E-state index contributed by atoms with van der Waals surface area (Å²) in [5, 5.41) is 2.80. The Hall–Kier alpha value is -4.28. The lowest BCUT2D eigenvalue weighted by molar-refractivity contribution is -0.141. The van der Waals surface area contributed by atoms with Crippen LogP contribution in [0.5, 0.6) is 0 Å². The zero-order valence-electron chi connectivity index (χ0n) is 30.3. The van der Waals surface area contributed by atoms with Gasteiger partial charge in [0.2, 0.25) is 11.8 Å². The molecule has 1 saturated heterocycles. The first-order valence-electron chi connectivity index (χ1n) is 18.0. The summed E-state index contributed by atoms with van der Waals surface area (Å²) in [4.78, 5) is 75.2. The second-order valence-corrected chi connectivity index (χ2v) is 18.7. The summed E-state index contributed by atoms with van der Waals surface area (Å²) >= 11 is 6.74. The molecule has 1 aromatic carbocycles. The van der Waals surface area contributed by atoms with E-state index in [0.717, 1.165) is 35.3 Å². The maximum absolute atomic E-state index is 14.4. The molecule has 17 heteroatoms. The fourth-order valence-electron chi connectivity index (χ4n) is 7.02. The quantitative estimate of drug-likeness (QED) is 0.298. The third-order valence-corrected chi connectivity index (χ3v) is 12.9. The van der Waals surface area contributed by atoms with Crippen molar-refractivity contribution in [3.8, 4) is 0 Å². The van der Waals surface area contributed by atoms with Crippen molar-refractivity contribution in [2.45, 2.75) is 106 Å². The number of nitrogens with one attached hydrogen (secondary N) is 2. The standard InChI is InChI=1S/C37H44ClN5O9S2/c1-36(2,3)52-34(47)39-19-23-11-7-5-4-6-8-14-26-18-37(26,33(46)41-54(49,50)30-16-15-29(38)53-30)40-31(44)28-17-27(22-43(28)32(23)45)51-35(48)42-20-24-12-9-10-13-25(24)21-42/h8-10,12-16,19,23,26-28H,4-7,11,17-18,20-22H2,1-3H3,(H,40,44)(H,41,46)/b14-8-,39-19?/t23?,26-,27-,28+,37-/m1/s1. The summed E-state index contributed by atoms with van der Waals surface area (Å²) in [7, 11) is -4.31. The van der Waals surface area contributed by atoms with E-state index in [9.17, 15) is 32.4 Å². The van der Waals surface area contributed by atoms with E-state index in [0.29, 0.717) is 32.4 Å². The summed E-state index contributed by atoms with van der Waals surface area (Å²) in [6.07, 6.45) is 5.76. The lowest BCUT2D eigenvalue weighted by Crippen LogP contribution is -2.56. The predicted molar refractivity (Wildman–Crippen MR) is 200 cm³/mol. The number of hydrogen-bond donors (Lipinski definition) is 2. The smallest absolute Gasteiger partial charge is 0.433 e. The number of carbonyl (C=O) groups excluding carboxylic acids is 5. The maximum Gasteiger partial charge on any atom is 0.433 e. The summed E-state index contributed by atoms with van der Waals surface area (Å²) in [5.74, 6) is -3.57. The van der Waals surface area contributed by atoms with Crippen LogP contribution in [0.15, 0.2) is 57.8 Å². The Kier molecular flexibility index (Phi) is 11.6. The normalized spacial score (nSPS) is 26.8. The number of rotatable bonds is 5. The number of sulfonamides is 1. The largest absolute Gasteiger partial charge is 0.444 e. The number of benzene rings is 1. The lowest BCUT2D eigenvalue weighted by Gasteiger charge is -2.28. The Balaban J connectivity index is 1.27. The Labute approximate surface area is 323 Å². The molecule has 5 amide bonds. The van der Waals surface area contributed by atoms with Crippen molar-refractivity contribution in [1.82, 2.24) is 19.8 Å². The van der Waals surface area contributed by atoms with E-state index >= 15 is 0 Å². The summed E-state index contributed by atoms with van der Waals surface area (Å²) < 4.78 is 39.7. The second-order valence-electron chi connectivity index (χ2n) is 15.1. The van der Waals surface area contributed by atoms with Gasteiger partial charge in [-0.25, -0.2) is 22.7 Å². The average molecular weight is 802 g/mol. The van der Waals surface area contributed by atoms with Crippen molar-refractivity contribution in [2.24, 2.45) is 16.8 Å². The van der Waals surface area contributed by atoms with Crippen LogP contribution in [0.4, 0.5) is 9.59 Å². The molecule has 2 N–H and O–H groups in total. The Bertz CT molecular complexity index is 1950. The van der Waals surface area contributed by atoms with Crippen molar-refractivity contribution in [1.29, 1.82) is 0 Å². The second kappa shape index (κ2) is 15.8. The molecule has 6 rings (SSSR count). The molecule has 1 aliphatic carbocycles. The molecule has 0 bridgehead atoms. The molecule has 14 nitrogen and oxygen atoms in total. The summed E-state index contributed by atoms with van der Waals surface area (Å²) in [6, 6.07) is 9.14. The molecule has 2 aromatic rings. The zero-order chi connectivity index (χ0) is 38.8. The summed E-state index contributed by atoms with van der Waals surface area (Å²) in [5.41, 5.74) is -0.435. The molecule has 5 atom stereocenters. The molecule has 3 aliphatic heterocycles. The van der Waals surface area contributed by atoms with Crippen LogP contribution in [-0.2, 0) is 47.0 Å². The van der Waals surface area contributed by atoms with Crippen molar-refractivity contribution in [3.05, 3.63) is 64.0 Å². The number of carbonyl (C=O) groups is 5. The van der Waals surface area contributed by atoms with E-state index in [4.69, 9.17) is 21.1 Å².